The van der Waals surface area contributed by atoms with E-state index in [1.54, 1.807) is 0 Å². The van der Waals surface area contributed by atoms with Gasteiger partial charge in [-0.15, -0.1) is 9.97 Å². The van der Waals surface area contributed by atoms with Gasteiger partial charge in [0.2, 0.25) is 11.0 Å². The third-order valence-electron chi connectivity index (χ3n) is 10.6. The van der Waals surface area contributed by atoms with Crippen LogP contribution in [-0.2, 0) is 5.41 Å². The molecule has 0 amide bonds. The Balaban J connectivity index is 1.50. The van der Waals surface area contributed by atoms with Crippen molar-refractivity contribution in [3.05, 3.63) is 172 Å². The maximum atomic E-state index is 7.91. The molecule has 5 nitrogen and oxygen atoms in total. The first-order valence-electron chi connectivity index (χ1n) is 15.9. The Hall–Kier alpha value is -6.82. The number of hydrogen-bond acceptors (Lipinski definition) is 2. The number of para-hydroxylation sites is 2. The molecule has 0 unspecified atom stereocenters. The van der Waals surface area contributed by atoms with Crippen molar-refractivity contribution in [1.82, 2.24) is 14.5 Å². The van der Waals surface area contributed by atoms with Gasteiger partial charge in [0.25, 0.3) is 11.6 Å². The molecular weight excluding hydrogens is 587 g/mol. The van der Waals surface area contributed by atoms with E-state index in [2.05, 4.69) is 136 Å². The van der Waals surface area contributed by atoms with Crippen LogP contribution in [0.25, 0.3) is 80.9 Å². The van der Waals surface area contributed by atoms with E-state index < -0.39 is 5.41 Å². The lowest BCUT2D eigenvalue weighted by molar-refractivity contribution is 0.750. The first-order valence-corrected chi connectivity index (χ1v) is 15.9. The number of hydrogen-bond donors (Lipinski definition) is 0. The zero-order valence-corrected chi connectivity index (χ0v) is 25.4. The molecule has 1 spiro atoms. The second-order valence-corrected chi connectivity index (χ2v) is 12.6. The van der Waals surface area contributed by atoms with Crippen molar-refractivity contribution in [3.63, 3.8) is 0 Å². The Morgan fingerprint density at radius 1 is 0.500 bits per heavy atom. The van der Waals surface area contributed by atoms with Crippen molar-refractivity contribution < 1.29 is 0 Å². The summed E-state index contributed by atoms with van der Waals surface area (Å²) >= 11 is 0. The van der Waals surface area contributed by atoms with Crippen LogP contribution in [0.15, 0.2) is 127 Å². The highest BCUT2D eigenvalue weighted by atomic mass is 15.0. The van der Waals surface area contributed by atoms with Crippen LogP contribution >= 0.6 is 0 Å². The van der Waals surface area contributed by atoms with Crippen molar-refractivity contribution in [2.75, 3.05) is 0 Å². The van der Waals surface area contributed by atoms with E-state index >= 15 is 0 Å². The summed E-state index contributed by atoms with van der Waals surface area (Å²) in [5.74, 6) is 0.0630. The molecule has 1 aliphatic heterocycles. The summed E-state index contributed by atoms with van der Waals surface area (Å²) in [6.45, 7) is 15.7. The molecule has 5 heteroatoms. The lowest BCUT2D eigenvalue weighted by Crippen LogP contribution is -2.33. The fourth-order valence-electron chi connectivity index (χ4n) is 8.96. The zero-order valence-electron chi connectivity index (χ0n) is 25.4. The largest absolute Gasteiger partial charge is 0.370 e. The second kappa shape index (κ2) is 8.70. The number of benzene rings is 7. The first-order chi connectivity index (χ1) is 23.8. The molecule has 0 bridgehead atoms. The summed E-state index contributed by atoms with van der Waals surface area (Å²) in [5.41, 5.74) is 11.6. The fourth-order valence-corrected chi connectivity index (χ4v) is 8.96. The van der Waals surface area contributed by atoms with Crippen LogP contribution in [0, 0.1) is 13.1 Å². The van der Waals surface area contributed by atoms with Gasteiger partial charge in [0.05, 0.1) is 22.1 Å². The zero-order chi connectivity index (χ0) is 31.7. The van der Waals surface area contributed by atoms with E-state index in [1.807, 2.05) is 6.07 Å². The van der Waals surface area contributed by atoms with Crippen LogP contribution in [-0.4, -0.2) is 14.5 Å². The van der Waals surface area contributed by atoms with Gasteiger partial charge in [-0.05, 0) is 68.4 Å². The molecule has 11 rings (SSSR count). The average molecular weight is 608 g/mol. The number of aromatic nitrogens is 3. The van der Waals surface area contributed by atoms with Gasteiger partial charge in [-0.1, -0.05) is 116 Å². The molecule has 0 saturated carbocycles. The fraction of sp³-hybridized carbons (Fsp3) is 0.0233. The molecule has 218 valence electrons. The Kier molecular flexibility index (Phi) is 4.60. The van der Waals surface area contributed by atoms with Gasteiger partial charge in [0.1, 0.15) is 0 Å². The van der Waals surface area contributed by atoms with E-state index in [0.29, 0.717) is 11.0 Å². The van der Waals surface area contributed by atoms with E-state index in [4.69, 9.17) is 23.1 Å². The van der Waals surface area contributed by atoms with E-state index in [1.165, 1.54) is 33.4 Å². The molecule has 2 aliphatic rings. The summed E-state index contributed by atoms with van der Waals surface area (Å²) in [6, 6.07) is 45.9. The SMILES string of the molecule is [C-]#[N+]c1nc2c3ccccc3c3cc4c5c(c6ccccc6n5-c5ccccc5C45c4ccccc4-c4ccccc45)c3c2nc1[N+]#[C-]. The molecule has 48 heavy (non-hydrogen) atoms. The summed E-state index contributed by atoms with van der Waals surface area (Å²) < 4.78 is 2.43. The molecule has 3 heterocycles. The Morgan fingerprint density at radius 3 is 1.77 bits per heavy atom. The first kappa shape index (κ1) is 25.4. The molecule has 9 aromatic rings. The number of rotatable bonds is 0. The minimum absolute atomic E-state index is 0.0302. The van der Waals surface area contributed by atoms with Gasteiger partial charge < -0.3 is 14.3 Å². The van der Waals surface area contributed by atoms with Gasteiger partial charge in [-0.2, -0.15) is 0 Å². The van der Waals surface area contributed by atoms with Crippen molar-refractivity contribution in [2.45, 2.75) is 5.41 Å². The molecular formula is C43H21N5. The van der Waals surface area contributed by atoms with E-state index in [0.717, 1.165) is 49.0 Å². The molecule has 2 aromatic heterocycles. The van der Waals surface area contributed by atoms with Gasteiger partial charge in [-0.3, -0.25) is 0 Å². The molecule has 0 saturated heterocycles. The quantitative estimate of drug-likeness (QED) is 0.127. The van der Waals surface area contributed by atoms with Gasteiger partial charge in [0.15, 0.2) is 0 Å². The van der Waals surface area contributed by atoms with Crippen molar-refractivity contribution in [3.8, 4) is 16.8 Å². The standard InChI is InChI=1S/C43H21N5/c1-44-41-42(45-2)47-39-36-29(24-13-3-4-16-27(24)38(39)46-41)23-33-40-37(36)28-17-7-11-21-34(28)48(40)35-22-12-10-20-32(35)43(33)30-18-8-5-14-25(30)26-15-6-9-19-31(26)43/h3-23H. The topological polar surface area (TPSA) is 39.4 Å². The van der Waals surface area contributed by atoms with Crippen LogP contribution in [0.5, 0.6) is 0 Å². The minimum atomic E-state index is -0.571. The summed E-state index contributed by atoms with van der Waals surface area (Å²) in [7, 11) is 0. The monoisotopic (exact) mass is 607 g/mol. The van der Waals surface area contributed by atoms with Gasteiger partial charge in [-0.25, -0.2) is 0 Å². The number of nitrogens with zero attached hydrogens (tertiary/aromatic N) is 5. The Morgan fingerprint density at radius 2 is 1.06 bits per heavy atom. The maximum Gasteiger partial charge on any atom is 0.294 e. The van der Waals surface area contributed by atoms with E-state index in [9.17, 15) is 0 Å². The van der Waals surface area contributed by atoms with Gasteiger partial charge in [0, 0.05) is 21.5 Å². The number of fused-ring (bicyclic) bond motifs is 19. The lowest BCUT2D eigenvalue weighted by Gasteiger charge is -2.39. The summed E-state index contributed by atoms with van der Waals surface area (Å²) in [6.07, 6.45) is 0. The van der Waals surface area contributed by atoms with Crippen LogP contribution in [0.3, 0.4) is 0 Å². The molecule has 1 aliphatic carbocycles. The Labute approximate surface area is 274 Å². The second-order valence-electron chi connectivity index (χ2n) is 12.6. The highest BCUT2D eigenvalue weighted by molar-refractivity contribution is 6.35. The predicted octanol–water partition coefficient (Wildman–Crippen LogP) is 10.8. The van der Waals surface area contributed by atoms with Crippen molar-refractivity contribution in [1.29, 1.82) is 0 Å². The summed E-state index contributed by atoms with van der Waals surface area (Å²) in [5, 5.41) is 6.18. The van der Waals surface area contributed by atoms with E-state index in [-0.39, 0.29) is 11.6 Å². The summed E-state index contributed by atoms with van der Waals surface area (Å²) in [4.78, 5) is 17.0. The van der Waals surface area contributed by atoms with Crippen LogP contribution in [0.2, 0.25) is 0 Å². The van der Waals surface area contributed by atoms with Crippen LogP contribution in [0.4, 0.5) is 11.6 Å². The Bertz CT molecular complexity index is 3000. The normalized spacial score (nSPS) is 13.5. The smallest absolute Gasteiger partial charge is 0.294 e. The maximum absolute atomic E-state index is 7.91. The predicted molar refractivity (Wildman–Crippen MR) is 192 cm³/mol. The van der Waals surface area contributed by atoms with Crippen molar-refractivity contribution in [2.24, 2.45) is 0 Å². The third-order valence-corrected chi connectivity index (χ3v) is 10.6. The molecule has 7 aromatic carbocycles. The molecule has 0 N–H and O–H groups in total. The third kappa shape index (κ3) is 2.75. The van der Waals surface area contributed by atoms with Crippen molar-refractivity contribution >= 4 is 66.0 Å². The minimum Gasteiger partial charge on any atom is -0.370 e. The highest BCUT2D eigenvalue weighted by Crippen LogP contribution is 2.62. The highest BCUT2D eigenvalue weighted by Gasteiger charge is 2.51. The van der Waals surface area contributed by atoms with Gasteiger partial charge >= 0.3 is 0 Å². The lowest BCUT2D eigenvalue weighted by atomic mass is 9.65. The molecule has 0 fully saturated rings. The average Bonchev–Trinajstić information content (AvgIpc) is 3.65. The van der Waals surface area contributed by atoms with Crippen LogP contribution in [0.1, 0.15) is 22.3 Å². The molecule has 0 radical (unpaired) electrons. The molecule has 0 atom stereocenters. The van der Waals surface area contributed by atoms with Crippen LogP contribution < -0.4 is 0 Å².